The third-order valence-corrected chi connectivity index (χ3v) is 6.07. The van der Waals surface area contributed by atoms with Crippen molar-refractivity contribution in [2.24, 2.45) is 0 Å². The van der Waals surface area contributed by atoms with E-state index in [1.54, 1.807) is 12.1 Å². The van der Waals surface area contributed by atoms with Gasteiger partial charge in [0.25, 0.3) is 0 Å². The molecule has 2 heterocycles. The highest BCUT2D eigenvalue weighted by Crippen LogP contribution is 2.37. The van der Waals surface area contributed by atoms with E-state index in [0.29, 0.717) is 38.6 Å². The van der Waals surface area contributed by atoms with Crippen molar-refractivity contribution in [3.8, 4) is 6.07 Å². The van der Waals surface area contributed by atoms with Crippen molar-refractivity contribution in [3.63, 3.8) is 0 Å². The van der Waals surface area contributed by atoms with E-state index < -0.39 is 5.82 Å². The summed E-state index contributed by atoms with van der Waals surface area (Å²) in [6, 6.07) is 19.8. The van der Waals surface area contributed by atoms with E-state index in [9.17, 15) is 9.65 Å². The van der Waals surface area contributed by atoms with Crippen LogP contribution in [0, 0.1) is 17.1 Å². The second kappa shape index (κ2) is 9.68. The van der Waals surface area contributed by atoms with Gasteiger partial charge in [-0.25, -0.2) is 4.39 Å². The van der Waals surface area contributed by atoms with Crippen LogP contribution in [0.2, 0.25) is 10.0 Å². The van der Waals surface area contributed by atoms with Crippen molar-refractivity contribution >= 4 is 51.2 Å². The smallest absolute Gasteiger partial charge is 0.141 e. The highest BCUT2D eigenvalue weighted by Gasteiger charge is 2.21. The maximum atomic E-state index is 13.7. The minimum Gasteiger partial charge on any atom is -0.373 e. The molecular formula is C25H18Cl2FN7. The van der Waals surface area contributed by atoms with Crippen LogP contribution in [0.15, 0.2) is 78.8 Å². The molecule has 3 aromatic carbocycles. The maximum absolute atomic E-state index is 13.7. The van der Waals surface area contributed by atoms with E-state index in [2.05, 4.69) is 38.1 Å². The molecule has 7 nitrogen and oxygen atoms in total. The molecule has 1 aliphatic heterocycles. The van der Waals surface area contributed by atoms with Gasteiger partial charge in [-0.2, -0.15) is 10.8 Å². The standard InChI is InChI=1S/C25H18Cl2FN7/c26-19-9-16(6-7-21(19)28)32-23-15(11-29)12-30-25-18(23)8-17(10-20(25)27)33-24(22-13-31-35-34-22)14-4-2-1-3-5-14/h1-10,12-13,24,31,33-35H,(H,30,32). The van der Waals surface area contributed by atoms with Crippen molar-refractivity contribution < 1.29 is 4.39 Å². The number of pyridine rings is 1. The van der Waals surface area contributed by atoms with Gasteiger partial charge in [-0.3, -0.25) is 4.98 Å². The Bertz CT molecular complexity index is 1490. The van der Waals surface area contributed by atoms with Gasteiger partial charge in [0.2, 0.25) is 0 Å². The number of nitrogens with zero attached hydrogens (tertiary/aromatic N) is 2. The number of hydrogen-bond acceptors (Lipinski definition) is 7. The quantitative estimate of drug-likeness (QED) is 0.222. The normalized spacial score (nSPS) is 13.4. The average Bonchev–Trinajstić information content (AvgIpc) is 3.40. The first kappa shape index (κ1) is 22.7. The summed E-state index contributed by atoms with van der Waals surface area (Å²) in [4.78, 5) is 4.39. The molecular weight excluding hydrogens is 488 g/mol. The Morgan fingerprint density at radius 3 is 2.51 bits per heavy atom. The number of hydrazine groups is 2. The van der Waals surface area contributed by atoms with Gasteiger partial charge in [-0.05, 0) is 35.9 Å². The van der Waals surface area contributed by atoms with Crippen LogP contribution >= 0.6 is 23.2 Å². The number of anilines is 3. The van der Waals surface area contributed by atoms with Crippen LogP contribution in [0.1, 0.15) is 17.2 Å². The Morgan fingerprint density at radius 2 is 1.80 bits per heavy atom. The highest BCUT2D eigenvalue weighted by atomic mass is 35.5. The number of fused-ring (bicyclic) bond motifs is 1. The molecule has 10 heteroatoms. The Labute approximate surface area is 210 Å². The van der Waals surface area contributed by atoms with E-state index in [-0.39, 0.29) is 11.1 Å². The van der Waals surface area contributed by atoms with Gasteiger partial charge >= 0.3 is 0 Å². The van der Waals surface area contributed by atoms with Crippen molar-refractivity contribution in [1.82, 2.24) is 21.4 Å². The molecule has 0 radical (unpaired) electrons. The molecule has 0 amide bonds. The van der Waals surface area contributed by atoms with Crippen LogP contribution in [-0.4, -0.2) is 4.98 Å². The predicted octanol–water partition coefficient (Wildman–Crippen LogP) is 5.90. The SMILES string of the molecule is N#Cc1cnc2c(Cl)cc(NC(C3=CNNN3)c3ccccc3)cc2c1Nc1ccc(F)c(Cl)c1. The number of halogens is 3. The third-order valence-electron chi connectivity index (χ3n) is 5.50. The third kappa shape index (κ3) is 4.66. The molecule has 4 aromatic rings. The lowest BCUT2D eigenvalue weighted by Crippen LogP contribution is -2.33. The largest absolute Gasteiger partial charge is 0.373 e. The molecule has 0 fully saturated rings. The van der Waals surface area contributed by atoms with E-state index in [0.717, 1.165) is 11.3 Å². The van der Waals surface area contributed by atoms with Gasteiger partial charge < -0.3 is 21.5 Å². The van der Waals surface area contributed by atoms with Crippen LogP contribution in [-0.2, 0) is 0 Å². The van der Waals surface area contributed by atoms with E-state index in [1.807, 2.05) is 42.6 Å². The van der Waals surface area contributed by atoms with E-state index >= 15 is 0 Å². The summed E-state index contributed by atoms with van der Waals surface area (Å²) in [7, 11) is 0. The van der Waals surface area contributed by atoms with Crippen molar-refractivity contribution in [1.29, 1.82) is 5.26 Å². The monoisotopic (exact) mass is 505 g/mol. The second-order valence-electron chi connectivity index (χ2n) is 7.75. The first-order valence-corrected chi connectivity index (χ1v) is 11.3. The van der Waals surface area contributed by atoms with Gasteiger partial charge in [-0.15, -0.1) is 0 Å². The first-order chi connectivity index (χ1) is 17.0. The molecule has 5 rings (SSSR count). The summed E-state index contributed by atoms with van der Waals surface area (Å²) < 4.78 is 13.7. The van der Waals surface area contributed by atoms with E-state index in [1.165, 1.54) is 18.3 Å². The van der Waals surface area contributed by atoms with Crippen LogP contribution in [0.5, 0.6) is 0 Å². The Balaban J connectivity index is 1.60. The molecule has 0 bridgehead atoms. The molecule has 1 aromatic heterocycles. The van der Waals surface area contributed by atoms with Gasteiger partial charge in [0, 0.05) is 29.2 Å². The predicted molar refractivity (Wildman–Crippen MR) is 136 cm³/mol. The van der Waals surface area contributed by atoms with Gasteiger partial charge in [0.15, 0.2) is 0 Å². The number of hydrogen-bond donors (Lipinski definition) is 5. The average molecular weight is 506 g/mol. The Hall–Kier alpha value is -4.03. The summed E-state index contributed by atoms with van der Waals surface area (Å²) in [6.45, 7) is 0. The van der Waals surface area contributed by atoms with Crippen LogP contribution < -0.4 is 27.0 Å². The fraction of sp³-hybridized carbons (Fsp3) is 0.0400. The molecule has 1 unspecified atom stereocenters. The fourth-order valence-corrected chi connectivity index (χ4v) is 4.30. The Kier molecular flexibility index (Phi) is 6.29. The molecule has 0 saturated carbocycles. The van der Waals surface area contributed by atoms with Crippen molar-refractivity contribution in [2.45, 2.75) is 6.04 Å². The molecule has 1 aliphatic rings. The highest BCUT2D eigenvalue weighted by molar-refractivity contribution is 6.36. The molecule has 0 spiro atoms. The summed E-state index contributed by atoms with van der Waals surface area (Å²) in [5.41, 5.74) is 13.3. The second-order valence-corrected chi connectivity index (χ2v) is 8.56. The number of rotatable bonds is 6. The summed E-state index contributed by atoms with van der Waals surface area (Å²) in [5, 5.41) is 17.4. The first-order valence-electron chi connectivity index (χ1n) is 10.6. The molecule has 0 saturated heterocycles. The number of nitrogens with one attached hydrogen (secondary N) is 5. The van der Waals surface area contributed by atoms with Gasteiger partial charge in [0.05, 0.1) is 38.6 Å². The molecule has 0 aliphatic carbocycles. The van der Waals surface area contributed by atoms with Gasteiger partial charge in [0.1, 0.15) is 11.9 Å². The zero-order chi connectivity index (χ0) is 24.4. The molecule has 1 atom stereocenters. The van der Waals surface area contributed by atoms with Gasteiger partial charge in [-0.1, -0.05) is 53.5 Å². The maximum Gasteiger partial charge on any atom is 0.141 e. The fourth-order valence-electron chi connectivity index (χ4n) is 3.85. The Morgan fingerprint density at radius 1 is 1.00 bits per heavy atom. The van der Waals surface area contributed by atoms with Crippen molar-refractivity contribution in [3.05, 3.63) is 106 Å². The zero-order valence-corrected chi connectivity index (χ0v) is 19.5. The minimum atomic E-state index is -0.530. The number of benzene rings is 3. The minimum absolute atomic E-state index is 0.0301. The van der Waals surface area contributed by atoms with Crippen LogP contribution in [0.4, 0.5) is 21.5 Å². The van der Waals surface area contributed by atoms with Crippen LogP contribution in [0.25, 0.3) is 10.9 Å². The number of aromatic nitrogens is 1. The molecule has 5 N–H and O–H groups in total. The summed E-state index contributed by atoms with van der Waals surface area (Å²) in [5.74, 6) is -0.530. The van der Waals surface area contributed by atoms with Crippen LogP contribution in [0.3, 0.4) is 0 Å². The molecule has 174 valence electrons. The molecule has 35 heavy (non-hydrogen) atoms. The summed E-state index contributed by atoms with van der Waals surface area (Å²) in [6.07, 6.45) is 3.28. The van der Waals surface area contributed by atoms with E-state index in [4.69, 9.17) is 23.2 Å². The van der Waals surface area contributed by atoms with Crippen molar-refractivity contribution in [2.75, 3.05) is 10.6 Å². The lowest BCUT2D eigenvalue weighted by atomic mass is 10.0. The lowest BCUT2D eigenvalue weighted by molar-refractivity contribution is 0.583. The number of nitriles is 1. The summed E-state index contributed by atoms with van der Waals surface area (Å²) >= 11 is 12.6. The zero-order valence-electron chi connectivity index (χ0n) is 18.0. The lowest BCUT2D eigenvalue weighted by Gasteiger charge is -2.22. The topological polar surface area (TPSA) is 96.8 Å².